The van der Waals surface area contributed by atoms with Crippen LogP contribution in [0.25, 0.3) is 0 Å². The molecule has 1 fully saturated rings. The van der Waals surface area contributed by atoms with Crippen molar-refractivity contribution >= 4 is 17.8 Å². The molecule has 1 saturated carbocycles. The fourth-order valence-electron chi connectivity index (χ4n) is 1.72. The number of esters is 2. The zero-order valence-electron chi connectivity index (χ0n) is 11.5. The van der Waals surface area contributed by atoms with Crippen LogP contribution in [-0.4, -0.2) is 36.7 Å². The minimum absolute atomic E-state index is 0.0763. The van der Waals surface area contributed by atoms with Crippen LogP contribution >= 0.6 is 0 Å². The number of ether oxygens (including phenoxy) is 2. The molecule has 1 heterocycles. The topological polar surface area (TPSA) is 104 Å². The average Bonchev–Trinajstić information content (AvgIpc) is 3.31. The van der Waals surface area contributed by atoms with Gasteiger partial charge < -0.3 is 9.47 Å². The molecule has 0 bridgehead atoms. The fourth-order valence-corrected chi connectivity index (χ4v) is 1.72. The molecule has 112 valence electrons. The number of methoxy groups -OCH3 is 2. The zero-order chi connectivity index (χ0) is 15.6. The number of carbonyl (C=O) groups excluding carboxylic acids is 3. The normalized spacial score (nSPS) is 13.4. The van der Waals surface area contributed by atoms with Crippen LogP contribution in [0.15, 0.2) is 17.2 Å². The first-order chi connectivity index (χ1) is 9.97. The third kappa shape index (κ3) is 3.10. The van der Waals surface area contributed by atoms with Crippen molar-refractivity contribution in [1.29, 1.82) is 0 Å². The molecule has 8 nitrogen and oxygen atoms in total. The highest BCUT2D eigenvalue weighted by Crippen LogP contribution is 2.29. The predicted octanol–water partition coefficient (Wildman–Crippen LogP) is -0.0984. The lowest BCUT2D eigenvalue weighted by molar-refractivity contribution is -0.118. The molecule has 1 aliphatic rings. The molecular weight excluding hydrogens is 280 g/mol. The summed E-state index contributed by atoms with van der Waals surface area (Å²) in [5, 5.41) is 0. The van der Waals surface area contributed by atoms with Crippen LogP contribution in [-0.2, 0) is 14.3 Å². The summed E-state index contributed by atoms with van der Waals surface area (Å²) >= 11 is 0. The summed E-state index contributed by atoms with van der Waals surface area (Å²) in [6.07, 6.45) is 3.81. The number of aromatic nitrogens is 1. The number of nitrogens with one attached hydrogen (secondary N) is 1. The number of carbonyl (C=O) groups is 3. The van der Waals surface area contributed by atoms with Gasteiger partial charge in [-0.3, -0.25) is 19.7 Å². The van der Waals surface area contributed by atoms with E-state index >= 15 is 0 Å². The minimum atomic E-state index is -0.903. The van der Waals surface area contributed by atoms with E-state index in [1.54, 1.807) is 0 Å². The minimum Gasteiger partial charge on any atom is -0.465 e. The van der Waals surface area contributed by atoms with Gasteiger partial charge in [-0.1, -0.05) is 0 Å². The van der Waals surface area contributed by atoms with Crippen molar-refractivity contribution in [2.45, 2.75) is 12.8 Å². The molecule has 8 heteroatoms. The summed E-state index contributed by atoms with van der Waals surface area (Å²) in [5.74, 6) is -2.13. The first-order valence-electron chi connectivity index (χ1n) is 6.21. The van der Waals surface area contributed by atoms with E-state index in [4.69, 9.17) is 0 Å². The van der Waals surface area contributed by atoms with Gasteiger partial charge in [-0.15, -0.1) is 0 Å². The summed E-state index contributed by atoms with van der Waals surface area (Å²) in [5.41, 5.74) is 0.950. The van der Waals surface area contributed by atoms with Crippen LogP contribution < -0.4 is 10.9 Å². The first-order valence-corrected chi connectivity index (χ1v) is 6.21. The molecular formula is C13H14N2O6. The van der Waals surface area contributed by atoms with E-state index in [9.17, 15) is 19.2 Å². The van der Waals surface area contributed by atoms with E-state index < -0.39 is 17.4 Å². The summed E-state index contributed by atoms with van der Waals surface area (Å²) in [6, 6.07) is 0. The molecule has 1 aromatic rings. The molecule has 0 radical (unpaired) electrons. The Labute approximate surface area is 119 Å². The van der Waals surface area contributed by atoms with Crippen LogP contribution in [0.1, 0.15) is 33.6 Å². The number of nitrogens with zero attached hydrogens (tertiary/aromatic N) is 1. The molecule has 1 amide bonds. The van der Waals surface area contributed by atoms with E-state index in [1.807, 2.05) is 0 Å². The molecule has 0 aromatic carbocycles. The molecule has 21 heavy (non-hydrogen) atoms. The lowest BCUT2D eigenvalue weighted by Gasteiger charge is -2.11. The quantitative estimate of drug-likeness (QED) is 0.778. The van der Waals surface area contributed by atoms with Gasteiger partial charge in [0.2, 0.25) is 11.3 Å². The Morgan fingerprint density at radius 3 is 1.95 bits per heavy atom. The van der Waals surface area contributed by atoms with Gasteiger partial charge in [-0.2, -0.15) is 0 Å². The Morgan fingerprint density at radius 1 is 1.10 bits per heavy atom. The van der Waals surface area contributed by atoms with Crippen LogP contribution in [0.2, 0.25) is 0 Å². The second kappa shape index (κ2) is 5.78. The predicted molar refractivity (Wildman–Crippen MR) is 70.5 cm³/mol. The highest BCUT2D eigenvalue weighted by atomic mass is 16.5. The second-order valence-corrected chi connectivity index (χ2v) is 4.56. The van der Waals surface area contributed by atoms with Crippen LogP contribution in [0.4, 0.5) is 0 Å². The summed E-state index contributed by atoms with van der Waals surface area (Å²) < 4.78 is 10.1. The van der Waals surface area contributed by atoms with E-state index in [-0.39, 0.29) is 23.0 Å². The maximum absolute atomic E-state index is 12.0. The highest BCUT2D eigenvalue weighted by molar-refractivity contribution is 5.95. The summed E-state index contributed by atoms with van der Waals surface area (Å²) in [6.45, 7) is 0. The van der Waals surface area contributed by atoms with Gasteiger partial charge in [0.25, 0.3) is 0 Å². The van der Waals surface area contributed by atoms with Crippen molar-refractivity contribution < 1.29 is 23.9 Å². The van der Waals surface area contributed by atoms with Crippen molar-refractivity contribution in [2.24, 2.45) is 5.92 Å². The Kier molecular flexibility index (Phi) is 4.06. The molecule has 0 aliphatic heterocycles. The van der Waals surface area contributed by atoms with Crippen LogP contribution in [0, 0.1) is 5.92 Å². The molecule has 0 saturated heterocycles. The van der Waals surface area contributed by atoms with Crippen molar-refractivity contribution in [3.63, 3.8) is 0 Å². The monoisotopic (exact) mass is 294 g/mol. The first kappa shape index (κ1) is 14.8. The summed E-state index contributed by atoms with van der Waals surface area (Å²) in [4.78, 5) is 46.9. The van der Waals surface area contributed by atoms with Gasteiger partial charge >= 0.3 is 11.9 Å². The molecule has 0 atom stereocenters. The summed E-state index contributed by atoms with van der Waals surface area (Å²) in [7, 11) is 2.22. The third-order valence-electron chi connectivity index (χ3n) is 3.02. The maximum Gasteiger partial charge on any atom is 0.343 e. The number of amides is 1. The highest BCUT2D eigenvalue weighted by Gasteiger charge is 2.30. The van der Waals surface area contributed by atoms with E-state index in [2.05, 4.69) is 14.9 Å². The van der Waals surface area contributed by atoms with Gasteiger partial charge in [-0.25, -0.2) is 9.59 Å². The van der Waals surface area contributed by atoms with Gasteiger partial charge in [0.15, 0.2) is 0 Å². The van der Waals surface area contributed by atoms with Gasteiger partial charge in [-0.05, 0) is 12.8 Å². The number of pyridine rings is 1. The number of hydrogen-bond donors (Lipinski definition) is 1. The van der Waals surface area contributed by atoms with Crippen LogP contribution in [0.3, 0.4) is 0 Å². The molecule has 0 unspecified atom stereocenters. The van der Waals surface area contributed by atoms with E-state index in [1.165, 1.54) is 0 Å². The molecule has 1 N–H and O–H groups in total. The lowest BCUT2D eigenvalue weighted by atomic mass is 10.2. The number of rotatable bonds is 4. The smallest absolute Gasteiger partial charge is 0.343 e. The van der Waals surface area contributed by atoms with Crippen molar-refractivity contribution in [1.82, 2.24) is 4.68 Å². The van der Waals surface area contributed by atoms with E-state index in [0.29, 0.717) is 0 Å². The van der Waals surface area contributed by atoms with Crippen molar-refractivity contribution in [2.75, 3.05) is 19.6 Å². The zero-order valence-corrected chi connectivity index (χ0v) is 11.5. The molecule has 1 aliphatic carbocycles. The number of hydrogen-bond acceptors (Lipinski definition) is 6. The van der Waals surface area contributed by atoms with Crippen molar-refractivity contribution in [3.8, 4) is 0 Å². The van der Waals surface area contributed by atoms with Gasteiger partial charge in [0, 0.05) is 18.3 Å². The maximum atomic E-state index is 12.0. The Hall–Kier alpha value is -2.64. The molecule has 2 rings (SSSR count). The van der Waals surface area contributed by atoms with Crippen molar-refractivity contribution in [3.05, 3.63) is 33.7 Å². The SMILES string of the molecule is COC(=O)c1cn(NC(=O)C2CC2)cc(C(=O)OC)c1=O. The van der Waals surface area contributed by atoms with Crippen LogP contribution in [0.5, 0.6) is 0 Å². The van der Waals surface area contributed by atoms with E-state index in [0.717, 1.165) is 44.1 Å². The Morgan fingerprint density at radius 2 is 1.57 bits per heavy atom. The second-order valence-electron chi connectivity index (χ2n) is 4.56. The molecule has 1 aromatic heterocycles. The Bertz CT molecular complexity index is 619. The fraction of sp³-hybridized carbons (Fsp3) is 0.385. The third-order valence-corrected chi connectivity index (χ3v) is 3.02. The van der Waals surface area contributed by atoms with Gasteiger partial charge in [0.05, 0.1) is 14.2 Å². The lowest BCUT2D eigenvalue weighted by Crippen LogP contribution is -2.31. The Balaban J connectivity index is 2.44. The molecule has 0 spiro atoms. The average molecular weight is 294 g/mol. The van der Waals surface area contributed by atoms with Gasteiger partial charge in [0.1, 0.15) is 11.1 Å². The standard InChI is InChI=1S/C13H14N2O6/c1-20-12(18)8-5-15(14-11(17)7-3-4-7)6-9(10(8)16)13(19)21-2/h5-7H,3-4H2,1-2H3,(H,14,17). The largest absolute Gasteiger partial charge is 0.465 e.